The van der Waals surface area contributed by atoms with Crippen molar-refractivity contribution in [1.82, 2.24) is 9.21 Å². The standard InChI is InChI=1S/C18H26N2O3S2/c1-14-5-6-16(24-14)25(22,23)20-11-2-4-15(20)17(21)19-12-9-18(10-13-19)7-3-8-18/h5-6,15H,2-4,7-13H2,1H3. The Morgan fingerprint density at radius 2 is 1.84 bits per heavy atom. The van der Waals surface area contributed by atoms with Gasteiger partial charge in [0.05, 0.1) is 0 Å². The number of sulfonamides is 1. The van der Waals surface area contributed by atoms with Crippen molar-refractivity contribution in [3.05, 3.63) is 17.0 Å². The summed E-state index contributed by atoms with van der Waals surface area (Å²) < 4.78 is 27.7. The predicted octanol–water partition coefficient (Wildman–Crippen LogP) is 3.00. The van der Waals surface area contributed by atoms with Crippen molar-refractivity contribution in [2.75, 3.05) is 19.6 Å². The van der Waals surface area contributed by atoms with Gasteiger partial charge in [-0.25, -0.2) is 8.42 Å². The summed E-state index contributed by atoms with van der Waals surface area (Å²) in [5.74, 6) is 0.0172. The number of aryl methyl sites for hydroxylation is 1. The number of hydrogen-bond acceptors (Lipinski definition) is 4. The molecular formula is C18H26N2O3S2. The van der Waals surface area contributed by atoms with Gasteiger partial charge in [0.25, 0.3) is 10.0 Å². The molecule has 5 nitrogen and oxygen atoms in total. The number of carbonyl (C=O) groups is 1. The van der Waals surface area contributed by atoms with Gasteiger partial charge in [-0.05, 0) is 63.0 Å². The van der Waals surface area contributed by atoms with E-state index in [1.807, 2.05) is 17.9 Å². The van der Waals surface area contributed by atoms with Crippen molar-refractivity contribution >= 4 is 27.3 Å². The van der Waals surface area contributed by atoms with E-state index in [1.54, 1.807) is 6.07 Å². The lowest BCUT2D eigenvalue weighted by Gasteiger charge is -2.48. The fourth-order valence-electron chi connectivity index (χ4n) is 4.53. The molecule has 1 aromatic heterocycles. The molecule has 1 unspecified atom stereocenters. The van der Waals surface area contributed by atoms with Crippen molar-refractivity contribution in [3.8, 4) is 0 Å². The first-order valence-corrected chi connectivity index (χ1v) is 11.5. The molecule has 3 aliphatic rings. The lowest BCUT2D eigenvalue weighted by molar-refractivity contribution is -0.138. The number of carbonyl (C=O) groups excluding carboxylic acids is 1. The molecule has 1 atom stereocenters. The summed E-state index contributed by atoms with van der Waals surface area (Å²) in [5, 5.41) is 0. The molecule has 0 aromatic carbocycles. The second kappa shape index (κ2) is 6.35. The molecule has 1 amide bonds. The summed E-state index contributed by atoms with van der Waals surface area (Å²) in [7, 11) is -3.56. The van der Waals surface area contributed by atoms with Gasteiger partial charge < -0.3 is 4.90 Å². The Bertz CT molecular complexity index is 757. The first-order valence-electron chi connectivity index (χ1n) is 9.28. The van der Waals surface area contributed by atoms with Crippen LogP contribution in [0.1, 0.15) is 49.8 Å². The van der Waals surface area contributed by atoms with E-state index < -0.39 is 16.1 Å². The molecule has 0 N–H and O–H groups in total. The van der Waals surface area contributed by atoms with E-state index in [4.69, 9.17) is 0 Å². The zero-order valence-electron chi connectivity index (χ0n) is 14.7. The third-order valence-corrected chi connectivity index (χ3v) is 9.69. The number of nitrogens with zero attached hydrogens (tertiary/aromatic N) is 2. The van der Waals surface area contributed by atoms with E-state index in [2.05, 4.69) is 0 Å². The predicted molar refractivity (Wildman–Crippen MR) is 98.1 cm³/mol. The van der Waals surface area contributed by atoms with Crippen molar-refractivity contribution in [2.24, 2.45) is 5.41 Å². The van der Waals surface area contributed by atoms with Gasteiger partial charge in [0.1, 0.15) is 10.3 Å². The Morgan fingerprint density at radius 1 is 1.12 bits per heavy atom. The third kappa shape index (κ3) is 3.04. The summed E-state index contributed by atoms with van der Waals surface area (Å²) in [5.41, 5.74) is 0.493. The minimum absolute atomic E-state index is 0.0172. The van der Waals surface area contributed by atoms with E-state index in [0.717, 1.165) is 37.2 Å². The molecule has 3 heterocycles. The molecule has 25 heavy (non-hydrogen) atoms. The normalized spacial score (nSPS) is 26.8. The highest BCUT2D eigenvalue weighted by Gasteiger charge is 2.45. The minimum atomic E-state index is -3.56. The minimum Gasteiger partial charge on any atom is -0.341 e. The van der Waals surface area contributed by atoms with E-state index in [0.29, 0.717) is 22.6 Å². The second-order valence-corrected chi connectivity index (χ2v) is 11.2. The van der Waals surface area contributed by atoms with Crippen LogP contribution < -0.4 is 0 Å². The summed E-state index contributed by atoms with van der Waals surface area (Å²) >= 11 is 1.29. The van der Waals surface area contributed by atoms with Crippen LogP contribution in [-0.2, 0) is 14.8 Å². The maximum absolute atomic E-state index is 13.0. The van der Waals surface area contributed by atoms with Crippen LogP contribution in [-0.4, -0.2) is 49.2 Å². The first-order chi connectivity index (χ1) is 11.9. The molecule has 7 heteroatoms. The fraction of sp³-hybridized carbons (Fsp3) is 0.722. The molecule has 2 aliphatic heterocycles. The maximum Gasteiger partial charge on any atom is 0.253 e. The molecule has 1 aliphatic carbocycles. The smallest absolute Gasteiger partial charge is 0.253 e. The molecule has 138 valence electrons. The fourth-order valence-corrected chi connectivity index (χ4v) is 7.59. The van der Waals surface area contributed by atoms with E-state index >= 15 is 0 Å². The van der Waals surface area contributed by atoms with Crippen molar-refractivity contribution in [1.29, 1.82) is 0 Å². The van der Waals surface area contributed by atoms with Crippen molar-refractivity contribution < 1.29 is 13.2 Å². The molecular weight excluding hydrogens is 356 g/mol. The SMILES string of the molecule is Cc1ccc(S(=O)(=O)N2CCCC2C(=O)N2CCC3(CCC3)CC2)s1. The number of likely N-dealkylation sites (tertiary alicyclic amines) is 1. The van der Waals surface area contributed by atoms with Gasteiger partial charge in [-0.1, -0.05) is 6.42 Å². The zero-order valence-corrected chi connectivity index (χ0v) is 16.4. The molecule has 1 aromatic rings. The lowest BCUT2D eigenvalue weighted by atomic mass is 9.63. The van der Waals surface area contributed by atoms with Gasteiger partial charge in [-0.3, -0.25) is 4.79 Å². The van der Waals surface area contributed by atoms with Crippen LogP contribution in [0, 0.1) is 12.3 Å². The Morgan fingerprint density at radius 3 is 2.40 bits per heavy atom. The highest BCUT2D eigenvalue weighted by Crippen LogP contribution is 2.49. The van der Waals surface area contributed by atoms with Gasteiger partial charge in [-0.2, -0.15) is 4.31 Å². The average molecular weight is 383 g/mol. The van der Waals surface area contributed by atoms with Crippen LogP contribution in [0.25, 0.3) is 0 Å². The molecule has 0 radical (unpaired) electrons. The third-order valence-electron chi connectivity index (χ3n) is 6.32. The highest BCUT2D eigenvalue weighted by atomic mass is 32.2. The van der Waals surface area contributed by atoms with Gasteiger partial charge in [0, 0.05) is 24.5 Å². The zero-order chi connectivity index (χ0) is 17.7. The Balaban J connectivity index is 1.48. The lowest BCUT2D eigenvalue weighted by Crippen LogP contribution is -2.52. The van der Waals surface area contributed by atoms with Crippen LogP contribution in [0.5, 0.6) is 0 Å². The molecule has 0 bridgehead atoms. The van der Waals surface area contributed by atoms with Gasteiger partial charge in [-0.15, -0.1) is 11.3 Å². The van der Waals surface area contributed by atoms with Crippen LogP contribution >= 0.6 is 11.3 Å². The van der Waals surface area contributed by atoms with Gasteiger partial charge >= 0.3 is 0 Å². The summed E-state index contributed by atoms with van der Waals surface area (Å²) in [6, 6.07) is 2.98. The topological polar surface area (TPSA) is 57.7 Å². The monoisotopic (exact) mass is 382 g/mol. The number of amides is 1. The average Bonchev–Trinajstić information content (AvgIpc) is 3.22. The van der Waals surface area contributed by atoms with Crippen LogP contribution in [0.2, 0.25) is 0 Å². The molecule has 2 saturated heterocycles. The number of thiophene rings is 1. The van der Waals surface area contributed by atoms with Gasteiger partial charge in [0.2, 0.25) is 5.91 Å². The van der Waals surface area contributed by atoms with Gasteiger partial charge in [0.15, 0.2) is 0 Å². The number of piperidine rings is 1. The Labute approximate surface area is 154 Å². The second-order valence-electron chi connectivity index (χ2n) is 7.82. The van der Waals surface area contributed by atoms with Crippen molar-refractivity contribution in [3.63, 3.8) is 0 Å². The van der Waals surface area contributed by atoms with E-state index in [-0.39, 0.29) is 5.91 Å². The van der Waals surface area contributed by atoms with E-state index in [1.165, 1.54) is 34.9 Å². The molecule has 4 rings (SSSR count). The molecule has 1 spiro atoms. The number of hydrogen-bond donors (Lipinski definition) is 0. The maximum atomic E-state index is 13.0. The summed E-state index contributed by atoms with van der Waals surface area (Å²) in [6.07, 6.45) is 7.50. The Kier molecular flexibility index (Phi) is 4.45. The van der Waals surface area contributed by atoms with Crippen molar-refractivity contribution in [2.45, 2.75) is 62.1 Å². The molecule has 1 saturated carbocycles. The van der Waals surface area contributed by atoms with E-state index in [9.17, 15) is 13.2 Å². The highest BCUT2D eigenvalue weighted by molar-refractivity contribution is 7.91. The van der Waals surface area contributed by atoms with Crippen LogP contribution in [0.15, 0.2) is 16.3 Å². The summed E-state index contributed by atoms with van der Waals surface area (Å²) in [4.78, 5) is 15.9. The first kappa shape index (κ1) is 17.5. The number of rotatable bonds is 3. The molecule has 3 fully saturated rings. The van der Waals surface area contributed by atoms with Crippen LogP contribution in [0.4, 0.5) is 0 Å². The summed E-state index contributed by atoms with van der Waals surface area (Å²) in [6.45, 7) is 3.94. The largest absolute Gasteiger partial charge is 0.341 e. The Hall–Kier alpha value is -0.920. The quantitative estimate of drug-likeness (QED) is 0.807. The van der Waals surface area contributed by atoms with Crippen LogP contribution in [0.3, 0.4) is 0 Å².